The number of benzene rings is 1. The van der Waals surface area contributed by atoms with E-state index in [0.717, 1.165) is 18.5 Å². The van der Waals surface area contributed by atoms with E-state index < -0.39 is 0 Å². The molecule has 15 heavy (non-hydrogen) atoms. The predicted molar refractivity (Wildman–Crippen MR) is 70.0 cm³/mol. The fourth-order valence-electron chi connectivity index (χ4n) is 1.97. The standard InChI is InChI=1S/C12H14INO/c1-8-10(6-7-12(8)15)14-11-5-3-2-4-9(11)13/h2-5,8,10,14H,6-7H2,1H3. The van der Waals surface area contributed by atoms with Crippen LogP contribution in [0.5, 0.6) is 0 Å². The first-order chi connectivity index (χ1) is 7.18. The number of para-hydroxylation sites is 1. The lowest BCUT2D eigenvalue weighted by Gasteiger charge is -2.18. The molecule has 1 aliphatic carbocycles. The van der Waals surface area contributed by atoms with Crippen molar-refractivity contribution in [2.24, 2.45) is 5.92 Å². The van der Waals surface area contributed by atoms with Crippen molar-refractivity contribution in [3.63, 3.8) is 0 Å². The normalized spacial score (nSPS) is 25.6. The molecule has 0 bridgehead atoms. The molecule has 0 saturated heterocycles. The lowest BCUT2D eigenvalue weighted by molar-refractivity contribution is -0.120. The van der Waals surface area contributed by atoms with E-state index in [4.69, 9.17) is 0 Å². The number of nitrogens with one attached hydrogen (secondary N) is 1. The molecule has 1 aromatic carbocycles. The summed E-state index contributed by atoms with van der Waals surface area (Å²) in [5.41, 5.74) is 1.14. The van der Waals surface area contributed by atoms with E-state index >= 15 is 0 Å². The van der Waals surface area contributed by atoms with Crippen molar-refractivity contribution >= 4 is 34.1 Å². The Balaban J connectivity index is 2.10. The van der Waals surface area contributed by atoms with Gasteiger partial charge < -0.3 is 5.32 Å². The van der Waals surface area contributed by atoms with Crippen LogP contribution in [0, 0.1) is 9.49 Å². The molecule has 1 N–H and O–H groups in total. The second kappa shape index (κ2) is 4.51. The maximum atomic E-state index is 11.4. The third kappa shape index (κ3) is 2.33. The molecule has 2 nitrogen and oxygen atoms in total. The van der Waals surface area contributed by atoms with E-state index in [2.05, 4.69) is 40.0 Å². The summed E-state index contributed by atoms with van der Waals surface area (Å²) >= 11 is 2.31. The predicted octanol–water partition coefficient (Wildman–Crippen LogP) is 3.07. The van der Waals surface area contributed by atoms with E-state index in [-0.39, 0.29) is 5.92 Å². The fourth-order valence-corrected chi connectivity index (χ4v) is 2.52. The Morgan fingerprint density at radius 2 is 2.13 bits per heavy atom. The SMILES string of the molecule is CC1C(=O)CCC1Nc1ccccc1I. The first kappa shape index (κ1) is 10.9. The van der Waals surface area contributed by atoms with Gasteiger partial charge in [-0.3, -0.25) is 4.79 Å². The molecule has 1 saturated carbocycles. The van der Waals surface area contributed by atoms with E-state index in [1.165, 1.54) is 3.57 Å². The van der Waals surface area contributed by atoms with E-state index in [9.17, 15) is 4.79 Å². The monoisotopic (exact) mass is 315 g/mol. The highest BCUT2D eigenvalue weighted by molar-refractivity contribution is 14.1. The Morgan fingerprint density at radius 1 is 1.40 bits per heavy atom. The number of carbonyl (C=O) groups excluding carboxylic acids is 1. The van der Waals surface area contributed by atoms with Gasteiger partial charge in [0.05, 0.1) is 0 Å². The van der Waals surface area contributed by atoms with Gasteiger partial charge in [0, 0.05) is 27.6 Å². The van der Waals surface area contributed by atoms with Gasteiger partial charge in [-0.15, -0.1) is 0 Å². The van der Waals surface area contributed by atoms with Crippen LogP contribution in [0.2, 0.25) is 0 Å². The van der Waals surface area contributed by atoms with Crippen molar-refractivity contribution in [3.05, 3.63) is 27.8 Å². The van der Waals surface area contributed by atoms with Gasteiger partial charge in [0.2, 0.25) is 0 Å². The minimum absolute atomic E-state index is 0.154. The Kier molecular flexibility index (Phi) is 3.29. The minimum Gasteiger partial charge on any atom is -0.381 e. The van der Waals surface area contributed by atoms with E-state index in [1.54, 1.807) is 0 Å². The van der Waals surface area contributed by atoms with Crippen LogP contribution < -0.4 is 5.32 Å². The number of halogens is 1. The third-order valence-electron chi connectivity index (χ3n) is 3.03. The van der Waals surface area contributed by atoms with Crippen LogP contribution in [-0.4, -0.2) is 11.8 Å². The molecule has 0 aliphatic heterocycles. The molecule has 2 atom stereocenters. The molecule has 1 aliphatic rings. The molecular formula is C12H14INO. The molecule has 2 unspecified atom stereocenters. The Hall–Kier alpha value is -0.580. The van der Waals surface area contributed by atoms with Crippen LogP contribution in [0.4, 0.5) is 5.69 Å². The van der Waals surface area contributed by atoms with Gasteiger partial charge in [-0.2, -0.15) is 0 Å². The number of anilines is 1. The van der Waals surface area contributed by atoms with Crippen LogP contribution in [0.25, 0.3) is 0 Å². The molecule has 0 radical (unpaired) electrons. The quantitative estimate of drug-likeness (QED) is 0.850. The lowest BCUT2D eigenvalue weighted by Crippen LogP contribution is -2.25. The molecule has 3 heteroatoms. The molecule has 80 valence electrons. The minimum atomic E-state index is 0.154. The number of hydrogen-bond acceptors (Lipinski definition) is 2. The second-order valence-corrected chi connectivity index (χ2v) is 5.19. The maximum Gasteiger partial charge on any atom is 0.137 e. The van der Waals surface area contributed by atoms with Crippen molar-refractivity contribution < 1.29 is 4.79 Å². The zero-order chi connectivity index (χ0) is 10.8. The zero-order valence-electron chi connectivity index (χ0n) is 8.66. The molecule has 0 spiro atoms. The number of rotatable bonds is 2. The molecule has 0 amide bonds. The highest BCUT2D eigenvalue weighted by Crippen LogP contribution is 2.27. The summed E-state index contributed by atoms with van der Waals surface area (Å²) in [5, 5.41) is 3.46. The first-order valence-electron chi connectivity index (χ1n) is 5.22. The zero-order valence-corrected chi connectivity index (χ0v) is 10.8. The summed E-state index contributed by atoms with van der Waals surface area (Å²) in [6.07, 6.45) is 1.69. The number of carbonyl (C=O) groups is 1. The molecular weight excluding hydrogens is 301 g/mol. The lowest BCUT2D eigenvalue weighted by atomic mass is 10.1. The average molecular weight is 315 g/mol. The largest absolute Gasteiger partial charge is 0.381 e. The van der Waals surface area contributed by atoms with Gasteiger partial charge in [-0.25, -0.2) is 0 Å². The molecule has 0 heterocycles. The summed E-state index contributed by atoms with van der Waals surface area (Å²) in [6, 6.07) is 8.50. The second-order valence-electron chi connectivity index (χ2n) is 4.02. The smallest absolute Gasteiger partial charge is 0.137 e. The van der Waals surface area contributed by atoms with Crippen molar-refractivity contribution in [1.82, 2.24) is 0 Å². The Bertz CT molecular complexity index is 378. The number of ketones is 1. The van der Waals surface area contributed by atoms with Crippen molar-refractivity contribution in [3.8, 4) is 0 Å². The van der Waals surface area contributed by atoms with Gasteiger partial charge in [-0.05, 0) is 41.1 Å². The van der Waals surface area contributed by atoms with Crippen LogP contribution in [-0.2, 0) is 4.79 Å². The van der Waals surface area contributed by atoms with E-state index in [0.29, 0.717) is 11.8 Å². The topological polar surface area (TPSA) is 29.1 Å². The summed E-state index contributed by atoms with van der Waals surface area (Å²) in [7, 11) is 0. The van der Waals surface area contributed by atoms with Crippen LogP contribution in [0.15, 0.2) is 24.3 Å². The molecule has 1 aromatic rings. The fraction of sp³-hybridized carbons (Fsp3) is 0.417. The Labute approximate surface area is 104 Å². The molecule has 1 fully saturated rings. The number of hydrogen-bond donors (Lipinski definition) is 1. The summed E-state index contributed by atoms with van der Waals surface area (Å²) in [4.78, 5) is 11.4. The van der Waals surface area contributed by atoms with Gasteiger partial charge in [0.25, 0.3) is 0 Å². The van der Waals surface area contributed by atoms with Gasteiger partial charge in [0.15, 0.2) is 0 Å². The third-order valence-corrected chi connectivity index (χ3v) is 3.97. The van der Waals surface area contributed by atoms with Crippen LogP contribution in [0.3, 0.4) is 0 Å². The highest BCUT2D eigenvalue weighted by atomic mass is 127. The van der Waals surface area contributed by atoms with Crippen molar-refractivity contribution in [1.29, 1.82) is 0 Å². The molecule has 0 aromatic heterocycles. The van der Waals surface area contributed by atoms with Gasteiger partial charge in [-0.1, -0.05) is 19.1 Å². The summed E-state index contributed by atoms with van der Waals surface area (Å²) in [5.74, 6) is 0.541. The van der Waals surface area contributed by atoms with E-state index in [1.807, 2.05) is 19.1 Å². The summed E-state index contributed by atoms with van der Waals surface area (Å²) in [6.45, 7) is 2.02. The highest BCUT2D eigenvalue weighted by Gasteiger charge is 2.30. The van der Waals surface area contributed by atoms with Crippen molar-refractivity contribution in [2.45, 2.75) is 25.8 Å². The van der Waals surface area contributed by atoms with Gasteiger partial charge in [0.1, 0.15) is 5.78 Å². The maximum absolute atomic E-state index is 11.4. The summed E-state index contributed by atoms with van der Waals surface area (Å²) < 4.78 is 1.21. The first-order valence-corrected chi connectivity index (χ1v) is 6.30. The average Bonchev–Trinajstić information content (AvgIpc) is 2.53. The van der Waals surface area contributed by atoms with Crippen LogP contribution >= 0.6 is 22.6 Å². The number of Topliss-reactive ketones (excluding diaryl/α,β-unsaturated/α-hetero) is 1. The van der Waals surface area contributed by atoms with Crippen molar-refractivity contribution in [2.75, 3.05) is 5.32 Å². The molecule has 2 rings (SSSR count). The Morgan fingerprint density at radius 3 is 2.73 bits per heavy atom. The van der Waals surface area contributed by atoms with Crippen LogP contribution in [0.1, 0.15) is 19.8 Å². The van der Waals surface area contributed by atoms with Gasteiger partial charge >= 0.3 is 0 Å².